The molecule has 1 unspecified atom stereocenters. The summed E-state index contributed by atoms with van der Waals surface area (Å²) in [6.45, 7) is 3.63. The van der Waals surface area contributed by atoms with Crippen molar-refractivity contribution in [1.29, 1.82) is 0 Å². The Morgan fingerprint density at radius 2 is 2.00 bits per heavy atom. The van der Waals surface area contributed by atoms with Gasteiger partial charge < -0.3 is 10.4 Å². The second-order valence-corrected chi connectivity index (χ2v) is 5.24. The fraction of sp³-hybridized carbons (Fsp3) is 0.214. The largest absolute Gasteiger partial charge is 0.508 e. The number of phenols is 1. The molecular formula is C14H13Cl2FN2O. The van der Waals surface area contributed by atoms with E-state index in [1.54, 1.807) is 13.0 Å². The Balaban J connectivity index is 2.30. The quantitative estimate of drug-likeness (QED) is 0.806. The Morgan fingerprint density at radius 3 is 2.60 bits per heavy atom. The standard InChI is InChI=1S/C14H13Cl2FN2O/c1-7-5-12(15)19-14(16)13(7)18-8(2)10-4-3-9(20)6-11(10)17/h3-6,8,18,20H,1-2H3. The molecule has 0 radical (unpaired) electrons. The molecule has 0 bridgehead atoms. The average molecular weight is 315 g/mol. The first-order valence-corrected chi connectivity index (χ1v) is 6.71. The minimum absolute atomic E-state index is 0.110. The molecule has 1 aromatic heterocycles. The van der Waals surface area contributed by atoms with Gasteiger partial charge in [-0.25, -0.2) is 9.37 Å². The fourth-order valence-electron chi connectivity index (χ4n) is 1.93. The zero-order chi connectivity index (χ0) is 14.9. The minimum atomic E-state index is -0.485. The number of hydrogen-bond donors (Lipinski definition) is 2. The summed E-state index contributed by atoms with van der Waals surface area (Å²) in [4.78, 5) is 3.95. The zero-order valence-electron chi connectivity index (χ0n) is 10.9. The smallest absolute Gasteiger partial charge is 0.154 e. The molecule has 0 saturated heterocycles. The number of aryl methyl sites for hydroxylation is 1. The molecule has 106 valence electrons. The SMILES string of the molecule is Cc1cc(Cl)nc(Cl)c1NC(C)c1ccc(O)cc1F. The van der Waals surface area contributed by atoms with Gasteiger partial charge in [-0.1, -0.05) is 29.3 Å². The molecule has 1 atom stereocenters. The molecule has 2 rings (SSSR count). The molecule has 0 aliphatic carbocycles. The molecule has 20 heavy (non-hydrogen) atoms. The van der Waals surface area contributed by atoms with Crippen molar-refractivity contribution < 1.29 is 9.50 Å². The summed E-state index contributed by atoms with van der Waals surface area (Å²) >= 11 is 11.8. The van der Waals surface area contributed by atoms with E-state index in [0.29, 0.717) is 16.4 Å². The van der Waals surface area contributed by atoms with E-state index >= 15 is 0 Å². The van der Waals surface area contributed by atoms with Crippen LogP contribution in [0.5, 0.6) is 5.75 Å². The highest BCUT2D eigenvalue weighted by molar-refractivity contribution is 6.34. The monoisotopic (exact) mass is 314 g/mol. The number of pyridine rings is 1. The number of aromatic nitrogens is 1. The summed E-state index contributed by atoms with van der Waals surface area (Å²) in [7, 11) is 0. The van der Waals surface area contributed by atoms with Crippen molar-refractivity contribution in [3.63, 3.8) is 0 Å². The predicted molar refractivity (Wildman–Crippen MR) is 79.1 cm³/mol. The van der Waals surface area contributed by atoms with Crippen molar-refractivity contribution in [1.82, 2.24) is 4.98 Å². The van der Waals surface area contributed by atoms with Crippen LogP contribution in [0.2, 0.25) is 10.3 Å². The second kappa shape index (κ2) is 5.85. The van der Waals surface area contributed by atoms with Gasteiger partial charge in [0.25, 0.3) is 0 Å². The second-order valence-electron chi connectivity index (χ2n) is 4.50. The topological polar surface area (TPSA) is 45.2 Å². The third-order valence-electron chi connectivity index (χ3n) is 2.95. The first-order chi connectivity index (χ1) is 9.38. The molecule has 0 amide bonds. The van der Waals surface area contributed by atoms with E-state index in [1.165, 1.54) is 12.1 Å². The molecule has 0 saturated carbocycles. The number of halogens is 3. The number of phenolic OH excluding ortho intramolecular Hbond substituents is 1. The van der Waals surface area contributed by atoms with Gasteiger partial charge >= 0.3 is 0 Å². The summed E-state index contributed by atoms with van der Waals surface area (Å²) in [6.07, 6.45) is 0. The number of aromatic hydroxyl groups is 1. The Hall–Kier alpha value is -1.52. The number of rotatable bonds is 3. The Bertz CT molecular complexity index is 626. The van der Waals surface area contributed by atoms with Crippen LogP contribution in [-0.2, 0) is 0 Å². The van der Waals surface area contributed by atoms with Crippen molar-refractivity contribution in [2.45, 2.75) is 19.9 Å². The number of anilines is 1. The molecular weight excluding hydrogens is 302 g/mol. The Kier molecular flexibility index (Phi) is 4.35. The van der Waals surface area contributed by atoms with Crippen molar-refractivity contribution in [3.8, 4) is 5.75 Å². The predicted octanol–water partition coefficient (Wildman–Crippen LogP) is 4.71. The van der Waals surface area contributed by atoms with E-state index in [9.17, 15) is 9.50 Å². The molecule has 0 aliphatic heterocycles. The maximum atomic E-state index is 13.8. The van der Waals surface area contributed by atoms with E-state index in [4.69, 9.17) is 23.2 Å². The summed E-state index contributed by atoms with van der Waals surface area (Å²) < 4.78 is 13.8. The van der Waals surface area contributed by atoms with Crippen LogP contribution in [0.4, 0.5) is 10.1 Å². The maximum Gasteiger partial charge on any atom is 0.154 e. The van der Waals surface area contributed by atoms with Crippen molar-refractivity contribution in [3.05, 3.63) is 51.5 Å². The lowest BCUT2D eigenvalue weighted by Crippen LogP contribution is -2.10. The molecule has 0 spiro atoms. The lowest BCUT2D eigenvalue weighted by atomic mass is 10.1. The first kappa shape index (κ1) is 14.9. The number of nitrogens with zero attached hydrogens (tertiary/aromatic N) is 1. The van der Waals surface area contributed by atoms with Gasteiger partial charge in [-0.05, 0) is 31.5 Å². The molecule has 1 aromatic carbocycles. The van der Waals surface area contributed by atoms with Crippen LogP contribution in [0.25, 0.3) is 0 Å². The van der Waals surface area contributed by atoms with Crippen LogP contribution in [-0.4, -0.2) is 10.1 Å². The van der Waals surface area contributed by atoms with E-state index in [1.807, 2.05) is 6.92 Å². The van der Waals surface area contributed by atoms with Crippen LogP contribution in [0.15, 0.2) is 24.3 Å². The van der Waals surface area contributed by atoms with E-state index in [0.717, 1.165) is 11.6 Å². The number of benzene rings is 1. The molecule has 1 heterocycles. The molecule has 2 N–H and O–H groups in total. The fourth-order valence-corrected chi connectivity index (χ4v) is 2.52. The van der Waals surface area contributed by atoms with Gasteiger partial charge in [-0.15, -0.1) is 0 Å². The lowest BCUT2D eigenvalue weighted by molar-refractivity contribution is 0.467. The van der Waals surface area contributed by atoms with Gasteiger partial charge in [0.15, 0.2) is 5.15 Å². The highest BCUT2D eigenvalue weighted by Gasteiger charge is 2.15. The molecule has 3 nitrogen and oxygen atoms in total. The van der Waals surface area contributed by atoms with Gasteiger partial charge in [-0.3, -0.25) is 0 Å². The molecule has 0 fully saturated rings. The molecule has 0 aliphatic rings. The van der Waals surface area contributed by atoms with Crippen LogP contribution in [0.1, 0.15) is 24.1 Å². The van der Waals surface area contributed by atoms with Crippen molar-refractivity contribution in [2.24, 2.45) is 0 Å². The first-order valence-electron chi connectivity index (χ1n) is 5.96. The van der Waals surface area contributed by atoms with Crippen LogP contribution in [0, 0.1) is 12.7 Å². The molecule has 6 heteroatoms. The third-order valence-corrected chi connectivity index (χ3v) is 3.42. The summed E-state index contributed by atoms with van der Waals surface area (Å²) in [5, 5.41) is 12.9. The number of hydrogen-bond acceptors (Lipinski definition) is 3. The van der Waals surface area contributed by atoms with E-state index < -0.39 is 5.82 Å². The lowest BCUT2D eigenvalue weighted by Gasteiger charge is -2.19. The number of nitrogens with one attached hydrogen (secondary N) is 1. The van der Waals surface area contributed by atoms with Gasteiger partial charge in [0.05, 0.1) is 11.7 Å². The maximum absolute atomic E-state index is 13.8. The van der Waals surface area contributed by atoms with Crippen molar-refractivity contribution >= 4 is 28.9 Å². The highest BCUT2D eigenvalue weighted by atomic mass is 35.5. The van der Waals surface area contributed by atoms with Gasteiger partial charge in [0, 0.05) is 11.6 Å². The minimum Gasteiger partial charge on any atom is -0.508 e. The van der Waals surface area contributed by atoms with Gasteiger partial charge in [0.1, 0.15) is 16.7 Å². The average Bonchev–Trinajstić information content (AvgIpc) is 2.33. The Morgan fingerprint density at radius 1 is 1.30 bits per heavy atom. The normalized spacial score (nSPS) is 12.2. The zero-order valence-corrected chi connectivity index (χ0v) is 12.4. The summed E-state index contributed by atoms with van der Waals surface area (Å²) in [5.74, 6) is -0.596. The van der Waals surface area contributed by atoms with Crippen LogP contribution < -0.4 is 5.32 Å². The summed E-state index contributed by atoms with van der Waals surface area (Å²) in [6, 6.07) is 5.37. The summed E-state index contributed by atoms with van der Waals surface area (Å²) in [5.41, 5.74) is 1.85. The van der Waals surface area contributed by atoms with E-state index in [2.05, 4.69) is 10.3 Å². The van der Waals surface area contributed by atoms with Crippen LogP contribution in [0.3, 0.4) is 0 Å². The van der Waals surface area contributed by atoms with E-state index in [-0.39, 0.29) is 16.9 Å². The van der Waals surface area contributed by atoms with Gasteiger partial charge in [-0.2, -0.15) is 0 Å². The Labute approximate surface area is 126 Å². The van der Waals surface area contributed by atoms with Crippen molar-refractivity contribution in [2.75, 3.05) is 5.32 Å². The van der Waals surface area contributed by atoms with Crippen LogP contribution >= 0.6 is 23.2 Å². The molecule has 2 aromatic rings. The van der Waals surface area contributed by atoms with Gasteiger partial charge in [0.2, 0.25) is 0 Å². The third kappa shape index (κ3) is 3.14. The highest BCUT2D eigenvalue weighted by Crippen LogP contribution is 2.31.